The van der Waals surface area contributed by atoms with Crippen LogP contribution in [0.3, 0.4) is 0 Å². The molecule has 0 spiro atoms. The average molecular weight is 399 g/mol. The number of nitrogens with zero attached hydrogens (tertiary/aromatic N) is 3. The lowest BCUT2D eigenvalue weighted by Crippen LogP contribution is -2.42. The van der Waals surface area contributed by atoms with E-state index in [1.54, 1.807) is 18.4 Å². The summed E-state index contributed by atoms with van der Waals surface area (Å²) < 4.78 is 16.3. The van der Waals surface area contributed by atoms with Crippen LogP contribution in [0.1, 0.15) is 23.9 Å². The van der Waals surface area contributed by atoms with E-state index < -0.39 is 12.0 Å². The second-order valence-electron chi connectivity index (χ2n) is 6.12. The molecule has 144 valence electrons. The Morgan fingerprint density at radius 1 is 1.21 bits per heavy atom. The number of aromatic nitrogens is 2. The summed E-state index contributed by atoms with van der Waals surface area (Å²) in [6, 6.07) is 12.1. The molecule has 2 aromatic heterocycles. The van der Waals surface area contributed by atoms with Crippen molar-refractivity contribution in [1.29, 1.82) is 0 Å². The third kappa shape index (κ3) is 3.65. The molecule has 0 radical (unpaired) electrons. The van der Waals surface area contributed by atoms with Crippen molar-refractivity contribution >= 4 is 23.6 Å². The average Bonchev–Trinajstić information content (AvgIpc) is 3.46. The third-order valence-corrected chi connectivity index (χ3v) is 5.53. The van der Waals surface area contributed by atoms with Crippen LogP contribution in [0.4, 0.5) is 0 Å². The third-order valence-electron chi connectivity index (χ3n) is 4.25. The number of carbonyl (C=O) groups excluding carboxylic acids is 2. The highest BCUT2D eigenvalue weighted by molar-refractivity contribution is 7.99. The van der Waals surface area contributed by atoms with Crippen LogP contribution >= 0.6 is 11.8 Å². The van der Waals surface area contributed by atoms with Gasteiger partial charge in [0.05, 0.1) is 6.26 Å². The monoisotopic (exact) mass is 399 g/mol. The van der Waals surface area contributed by atoms with Crippen molar-refractivity contribution in [3.05, 3.63) is 60.4 Å². The lowest BCUT2D eigenvalue weighted by atomic mass is 10.2. The summed E-state index contributed by atoms with van der Waals surface area (Å²) >= 11 is 1.46. The maximum atomic E-state index is 12.6. The minimum absolute atomic E-state index is 0.156. The van der Waals surface area contributed by atoms with E-state index in [1.807, 2.05) is 30.3 Å². The van der Waals surface area contributed by atoms with Crippen LogP contribution < -0.4 is 0 Å². The molecule has 2 atom stereocenters. The Balaban J connectivity index is 1.41. The Kier molecular flexibility index (Phi) is 5.16. The van der Waals surface area contributed by atoms with Crippen LogP contribution in [0.5, 0.6) is 0 Å². The summed E-state index contributed by atoms with van der Waals surface area (Å²) in [6.45, 7) is 1.27. The number of furan rings is 1. The SMILES string of the molecule is CC(=O)N1[C@@H](C(=O)OCc2nnc(-c3ccccc3)o2)CS[C@H]1c1ccco1. The van der Waals surface area contributed by atoms with Gasteiger partial charge in [0.1, 0.15) is 17.2 Å². The van der Waals surface area contributed by atoms with Gasteiger partial charge in [-0.2, -0.15) is 0 Å². The molecule has 0 unspecified atom stereocenters. The van der Waals surface area contributed by atoms with E-state index in [2.05, 4.69) is 10.2 Å². The van der Waals surface area contributed by atoms with Crippen molar-refractivity contribution in [2.45, 2.75) is 24.9 Å². The Labute approximate surface area is 164 Å². The van der Waals surface area contributed by atoms with Crippen LogP contribution in [0.25, 0.3) is 11.5 Å². The summed E-state index contributed by atoms with van der Waals surface area (Å²) in [4.78, 5) is 26.2. The normalized spacial score (nSPS) is 19.0. The number of ether oxygens (including phenoxy) is 1. The first-order valence-corrected chi connectivity index (χ1v) is 9.66. The van der Waals surface area contributed by atoms with Crippen molar-refractivity contribution in [3.63, 3.8) is 0 Å². The van der Waals surface area contributed by atoms with Gasteiger partial charge in [0.15, 0.2) is 6.61 Å². The highest BCUT2D eigenvalue weighted by atomic mass is 32.2. The smallest absolute Gasteiger partial charge is 0.330 e. The molecule has 0 N–H and O–H groups in total. The van der Waals surface area contributed by atoms with E-state index in [0.29, 0.717) is 17.4 Å². The number of carbonyl (C=O) groups is 2. The van der Waals surface area contributed by atoms with Crippen LogP contribution in [0, 0.1) is 0 Å². The first-order valence-electron chi connectivity index (χ1n) is 8.62. The van der Waals surface area contributed by atoms with Gasteiger partial charge in [0.25, 0.3) is 5.89 Å². The fourth-order valence-electron chi connectivity index (χ4n) is 2.96. The Morgan fingerprint density at radius 2 is 2.04 bits per heavy atom. The van der Waals surface area contributed by atoms with E-state index in [4.69, 9.17) is 13.6 Å². The molecule has 1 fully saturated rings. The lowest BCUT2D eigenvalue weighted by Gasteiger charge is -2.25. The van der Waals surface area contributed by atoms with Crippen molar-refractivity contribution in [2.75, 3.05) is 5.75 Å². The first-order chi connectivity index (χ1) is 13.6. The second kappa shape index (κ2) is 7.89. The number of hydrogen-bond acceptors (Lipinski definition) is 8. The fraction of sp³-hybridized carbons (Fsp3) is 0.263. The maximum Gasteiger partial charge on any atom is 0.330 e. The molecule has 1 amide bonds. The maximum absolute atomic E-state index is 12.6. The van der Waals surface area contributed by atoms with Crippen molar-refractivity contribution in [1.82, 2.24) is 15.1 Å². The van der Waals surface area contributed by atoms with E-state index in [1.165, 1.54) is 23.6 Å². The quantitative estimate of drug-likeness (QED) is 0.604. The second-order valence-corrected chi connectivity index (χ2v) is 7.23. The molecule has 1 aliphatic rings. The van der Waals surface area contributed by atoms with Gasteiger partial charge in [-0.25, -0.2) is 4.79 Å². The van der Waals surface area contributed by atoms with Crippen molar-refractivity contribution < 1.29 is 23.2 Å². The lowest BCUT2D eigenvalue weighted by molar-refractivity contribution is -0.155. The molecule has 1 saturated heterocycles. The zero-order chi connectivity index (χ0) is 19.5. The standard InChI is InChI=1S/C19H17N3O5S/c1-12(23)22-14(11-28-18(22)15-8-5-9-25-15)19(24)26-10-16-20-21-17(27-16)13-6-3-2-4-7-13/h2-9,14,18H,10-11H2,1H3/t14-,18+/m1/s1. The largest absolute Gasteiger partial charge is 0.466 e. The van der Waals surface area contributed by atoms with Gasteiger partial charge in [-0.3, -0.25) is 4.79 Å². The van der Waals surface area contributed by atoms with Gasteiger partial charge in [-0.05, 0) is 24.3 Å². The molecule has 0 saturated carbocycles. The number of esters is 1. The van der Waals surface area contributed by atoms with E-state index in [9.17, 15) is 9.59 Å². The zero-order valence-electron chi connectivity index (χ0n) is 15.0. The molecule has 0 bridgehead atoms. The topological polar surface area (TPSA) is 98.7 Å². The number of amides is 1. The molecule has 1 aliphatic heterocycles. The minimum Gasteiger partial charge on any atom is -0.466 e. The van der Waals surface area contributed by atoms with Crippen LogP contribution in [-0.2, 0) is 20.9 Å². The Bertz CT molecular complexity index is 957. The summed E-state index contributed by atoms with van der Waals surface area (Å²) in [5, 5.41) is 7.52. The summed E-state index contributed by atoms with van der Waals surface area (Å²) in [5.74, 6) is 0.845. The van der Waals surface area contributed by atoms with Gasteiger partial charge in [0, 0.05) is 18.2 Å². The number of thioether (sulfide) groups is 1. The van der Waals surface area contributed by atoms with E-state index in [0.717, 1.165) is 5.56 Å². The molecule has 3 aromatic rings. The molecule has 9 heteroatoms. The number of rotatable bonds is 5. The molecular formula is C19H17N3O5S. The summed E-state index contributed by atoms with van der Waals surface area (Å²) in [6.07, 6.45) is 1.54. The molecule has 28 heavy (non-hydrogen) atoms. The van der Waals surface area contributed by atoms with Crippen molar-refractivity contribution in [3.8, 4) is 11.5 Å². The van der Waals surface area contributed by atoms with Crippen LogP contribution in [0.2, 0.25) is 0 Å². The first kappa shape index (κ1) is 18.3. The molecular weight excluding hydrogens is 382 g/mol. The number of hydrogen-bond donors (Lipinski definition) is 0. The Hall–Kier alpha value is -3.07. The predicted octanol–water partition coefficient (Wildman–Crippen LogP) is 3.04. The van der Waals surface area contributed by atoms with Crippen LogP contribution in [0.15, 0.2) is 57.6 Å². The minimum atomic E-state index is -0.700. The van der Waals surface area contributed by atoms with Crippen LogP contribution in [-0.4, -0.2) is 38.8 Å². The Morgan fingerprint density at radius 3 is 2.75 bits per heavy atom. The van der Waals surface area contributed by atoms with Crippen molar-refractivity contribution in [2.24, 2.45) is 0 Å². The van der Waals surface area contributed by atoms with Gasteiger partial charge in [-0.1, -0.05) is 18.2 Å². The van der Waals surface area contributed by atoms with E-state index in [-0.39, 0.29) is 23.8 Å². The zero-order valence-corrected chi connectivity index (χ0v) is 15.8. The van der Waals surface area contributed by atoms with Gasteiger partial charge >= 0.3 is 5.97 Å². The molecule has 4 rings (SSSR count). The highest BCUT2D eigenvalue weighted by Gasteiger charge is 2.43. The van der Waals surface area contributed by atoms with Gasteiger partial charge in [-0.15, -0.1) is 22.0 Å². The molecule has 1 aromatic carbocycles. The van der Waals surface area contributed by atoms with Gasteiger partial charge in [0.2, 0.25) is 11.8 Å². The summed E-state index contributed by atoms with van der Waals surface area (Å²) in [5.41, 5.74) is 0.781. The number of benzene rings is 1. The van der Waals surface area contributed by atoms with Gasteiger partial charge < -0.3 is 18.5 Å². The summed E-state index contributed by atoms with van der Waals surface area (Å²) in [7, 11) is 0. The molecule has 8 nitrogen and oxygen atoms in total. The molecule has 0 aliphatic carbocycles. The van der Waals surface area contributed by atoms with E-state index >= 15 is 0 Å². The molecule has 3 heterocycles. The highest BCUT2D eigenvalue weighted by Crippen LogP contribution is 2.41. The fourth-order valence-corrected chi connectivity index (χ4v) is 4.38. The predicted molar refractivity (Wildman–Crippen MR) is 99.7 cm³/mol.